The van der Waals surface area contributed by atoms with Crippen LogP contribution in [-0.4, -0.2) is 70.3 Å². The van der Waals surface area contributed by atoms with Crippen LogP contribution in [0.15, 0.2) is 12.5 Å². The zero-order chi connectivity index (χ0) is 19.5. The maximum Gasteiger partial charge on any atom is 0.326 e. The highest BCUT2D eigenvalue weighted by molar-refractivity contribution is 5.90. The molecular weight excluding hydrogens is 348 g/mol. The van der Waals surface area contributed by atoms with Crippen molar-refractivity contribution in [1.82, 2.24) is 31.2 Å². The Bertz CT molecular complexity index is 659. The van der Waals surface area contributed by atoms with E-state index in [1.807, 2.05) is 0 Å². The maximum atomic E-state index is 11.8. The monoisotopic (exact) mass is 368 g/mol. The van der Waals surface area contributed by atoms with E-state index in [0.29, 0.717) is 5.69 Å². The second-order valence-electron chi connectivity index (χ2n) is 5.20. The van der Waals surface area contributed by atoms with Crippen LogP contribution in [-0.2, 0) is 30.4 Å². The zero-order valence-corrected chi connectivity index (χ0v) is 14.0. The SMILES string of the molecule is CC(=O)NCC(=O)NCC(=O)NCC(=O)NC(Cc1cnc[nH]1)C(=O)O. The number of carbonyl (C=O) groups excluding carboxylic acids is 4. The molecule has 0 aliphatic carbocycles. The smallest absolute Gasteiger partial charge is 0.326 e. The molecule has 0 aliphatic rings. The summed E-state index contributed by atoms with van der Waals surface area (Å²) >= 11 is 0. The van der Waals surface area contributed by atoms with E-state index in [-0.39, 0.29) is 25.4 Å². The highest BCUT2D eigenvalue weighted by atomic mass is 16.4. The van der Waals surface area contributed by atoms with Crippen molar-refractivity contribution in [3.63, 3.8) is 0 Å². The van der Waals surface area contributed by atoms with Crippen LogP contribution in [0.4, 0.5) is 0 Å². The highest BCUT2D eigenvalue weighted by Crippen LogP contribution is 1.98. The molecular formula is C14H20N6O6. The molecule has 0 fully saturated rings. The molecule has 1 aromatic heterocycles. The Labute approximate surface area is 148 Å². The number of amides is 4. The fourth-order valence-electron chi connectivity index (χ4n) is 1.75. The van der Waals surface area contributed by atoms with E-state index in [0.717, 1.165) is 0 Å². The van der Waals surface area contributed by atoms with Crippen LogP contribution in [0, 0.1) is 0 Å². The van der Waals surface area contributed by atoms with E-state index in [4.69, 9.17) is 5.11 Å². The number of nitrogens with one attached hydrogen (secondary N) is 5. The average molecular weight is 368 g/mol. The Morgan fingerprint density at radius 3 is 2.12 bits per heavy atom. The van der Waals surface area contributed by atoms with Crippen LogP contribution in [0.1, 0.15) is 12.6 Å². The van der Waals surface area contributed by atoms with Crippen molar-refractivity contribution in [2.24, 2.45) is 0 Å². The van der Waals surface area contributed by atoms with Crippen molar-refractivity contribution in [3.05, 3.63) is 18.2 Å². The van der Waals surface area contributed by atoms with Crippen LogP contribution >= 0.6 is 0 Å². The number of aromatic amines is 1. The lowest BCUT2D eigenvalue weighted by Crippen LogP contribution is -2.48. The second kappa shape index (κ2) is 10.4. The summed E-state index contributed by atoms with van der Waals surface area (Å²) in [6.07, 6.45) is 2.83. The predicted octanol–water partition coefficient (Wildman–Crippen LogP) is -3.11. The van der Waals surface area contributed by atoms with E-state index < -0.39 is 36.3 Å². The van der Waals surface area contributed by atoms with Gasteiger partial charge in [0.05, 0.1) is 26.0 Å². The molecule has 12 nitrogen and oxygen atoms in total. The van der Waals surface area contributed by atoms with Crippen molar-refractivity contribution >= 4 is 29.6 Å². The first-order valence-electron chi connectivity index (χ1n) is 7.55. The number of aromatic nitrogens is 2. The molecule has 26 heavy (non-hydrogen) atoms. The maximum absolute atomic E-state index is 11.8. The molecule has 1 rings (SSSR count). The van der Waals surface area contributed by atoms with Gasteiger partial charge in [-0.1, -0.05) is 0 Å². The second-order valence-corrected chi connectivity index (χ2v) is 5.20. The normalized spacial score (nSPS) is 11.1. The highest BCUT2D eigenvalue weighted by Gasteiger charge is 2.21. The van der Waals surface area contributed by atoms with Gasteiger partial charge in [0, 0.05) is 25.2 Å². The number of rotatable bonds is 10. The minimum atomic E-state index is -1.23. The first kappa shape index (κ1) is 20.6. The Morgan fingerprint density at radius 2 is 1.62 bits per heavy atom. The number of H-pyrrole nitrogens is 1. The zero-order valence-electron chi connectivity index (χ0n) is 14.0. The summed E-state index contributed by atoms with van der Waals surface area (Å²) in [5.74, 6) is -3.52. The van der Waals surface area contributed by atoms with Crippen molar-refractivity contribution in [3.8, 4) is 0 Å². The van der Waals surface area contributed by atoms with E-state index in [2.05, 4.69) is 31.2 Å². The molecule has 0 aromatic carbocycles. The fourth-order valence-corrected chi connectivity index (χ4v) is 1.75. The summed E-state index contributed by atoms with van der Waals surface area (Å²) in [5, 5.41) is 18.1. The molecule has 0 aliphatic heterocycles. The minimum absolute atomic E-state index is 0.00816. The molecule has 1 heterocycles. The first-order valence-corrected chi connectivity index (χ1v) is 7.55. The third kappa shape index (κ3) is 8.42. The Kier molecular flexibility index (Phi) is 8.27. The molecule has 0 saturated carbocycles. The molecule has 6 N–H and O–H groups in total. The van der Waals surface area contributed by atoms with Gasteiger partial charge in [-0.3, -0.25) is 19.2 Å². The summed E-state index contributed by atoms with van der Waals surface area (Å²) in [6.45, 7) is 0.141. The lowest BCUT2D eigenvalue weighted by Gasteiger charge is -2.14. The largest absolute Gasteiger partial charge is 0.480 e. The van der Waals surface area contributed by atoms with Gasteiger partial charge in [-0.05, 0) is 0 Å². The van der Waals surface area contributed by atoms with E-state index >= 15 is 0 Å². The molecule has 1 aromatic rings. The van der Waals surface area contributed by atoms with Gasteiger partial charge in [-0.25, -0.2) is 9.78 Å². The van der Waals surface area contributed by atoms with Crippen molar-refractivity contribution in [1.29, 1.82) is 0 Å². The van der Waals surface area contributed by atoms with Gasteiger partial charge in [0.25, 0.3) is 0 Å². The van der Waals surface area contributed by atoms with E-state index in [9.17, 15) is 24.0 Å². The van der Waals surface area contributed by atoms with E-state index in [1.165, 1.54) is 19.4 Å². The van der Waals surface area contributed by atoms with Crippen molar-refractivity contribution < 1.29 is 29.1 Å². The Balaban J connectivity index is 2.30. The van der Waals surface area contributed by atoms with Gasteiger partial charge in [-0.15, -0.1) is 0 Å². The molecule has 12 heteroatoms. The summed E-state index contributed by atoms with van der Waals surface area (Å²) in [4.78, 5) is 62.9. The van der Waals surface area contributed by atoms with Crippen LogP contribution in [0.5, 0.6) is 0 Å². The van der Waals surface area contributed by atoms with E-state index in [1.54, 1.807) is 0 Å². The third-order valence-corrected chi connectivity index (χ3v) is 3.00. The summed E-state index contributed by atoms with van der Waals surface area (Å²) in [7, 11) is 0. The van der Waals surface area contributed by atoms with Crippen LogP contribution < -0.4 is 21.3 Å². The fraction of sp³-hybridized carbons (Fsp3) is 0.429. The van der Waals surface area contributed by atoms with Crippen molar-refractivity contribution in [2.75, 3.05) is 19.6 Å². The molecule has 142 valence electrons. The Hall–Kier alpha value is -3.44. The van der Waals surface area contributed by atoms with Gasteiger partial charge in [0.15, 0.2) is 0 Å². The quantitative estimate of drug-likeness (QED) is 0.252. The summed E-state index contributed by atoms with van der Waals surface area (Å²) in [6, 6.07) is -1.18. The summed E-state index contributed by atoms with van der Waals surface area (Å²) < 4.78 is 0. The van der Waals surface area contributed by atoms with Gasteiger partial charge in [0.2, 0.25) is 23.6 Å². The molecule has 1 unspecified atom stereocenters. The number of hydrogen-bond acceptors (Lipinski definition) is 6. The van der Waals surface area contributed by atoms with Gasteiger partial charge < -0.3 is 31.4 Å². The minimum Gasteiger partial charge on any atom is -0.480 e. The molecule has 0 spiro atoms. The Morgan fingerprint density at radius 1 is 1.04 bits per heavy atom. The number of carboxylic acid groups (broad SMARTS) is 1. The predicted molar refractivity (Wildman–Crippen MR) is 86.6 cm³/mol. The number of carbonyl (C=O) groups is 5. The van der Waals surface area contributed by atoms with Crippen LogP contribution in [0.3, 0.4) is 0 Å². The third-order valence-electron chi connectivity index (χ3n) is 3.00. The van der Waals surface area contributed by atoms with Crippen molar-refractivity contribution in [2.45, 2.75) is 19.4 Å². The molecule has 1 atom stereocenters. The van der Waals surface area contributed by atoms with Gasteiger partial charge in [0.1, 0.15) is 6.04 Å². The van der Waals surface area contributed by atoms with Gasteiger partial charge in [-0.2, -0.15) is 0 Å². The number of aliphatic carboxylic acids is 1. The molecule has 0 bridgehead atoms. The standard InChI is InChI=1S/C14H20N6O6/c1-8(21)16-4-11(22)17-5-12(23)18-6-13(24)20-10(14(25)26)2-9-3-15-7-19-9/h3,7,10H,2,4-6H2,1H3,(H,15,19)(H,16,21)(H,17,22)(H,18,23)(H,20,24)(H,25,26). The molecule has 0 saturated heterocycles. The summed E-state index contributed by atoms with van der Waals surface area (Å²) in [5.41, 5.74) is 0.531. The lowest BCUT2D eigenvalue weighted by atomic mass is 10.1. The number of nitrogens with zero attached hydrogens (tertiary/aromatic N) is 1. The lowest BCUT2D eigenvalue weighted by molar-refractivity contribution is -0.141. The van der Waals surface area contributed by atoms with Crippen LogP contribution in [0.25, 0.3) is 0 Å². The topological polar surface area (TPSA) is 182 Å². The van der Waals surface area contributed by atoms with Crippen LogP contribution in [0.2, 0.25) is 0 Å². The van der Waals surface area contributed by atoms with Gasteiger partial charge >= 0.3 is 5.97 Å². The number of hydrogen-bond donors (Lipinski definition) is 6. The molecule has 0 radical (unpaired) electrons. The first-order chi connectivity index (χ1) is 12.3. The number of imidazole rings is 1. The number of carboxylic acids is 1. The molecule has 4 amide bonds. The average Bonchev–Trinajstić information content (AvgIpc) is 3.08.